The zero-order valence-corrected chi connectivity index (χ0v) is 10.7. The van der Waals surface area contributed by atoms with E-state index in [1.54, 1.807) is 0 Å². The normalized spacial score (nSPS) is 30.5. The molecule has 17 heavy (non-hydrogen) atoms. The Bertz CT molecular complexity index is 264. The molecule has 1 amide bonds. The molecule has 1 aliphatic carbocycles. The molecule has 2 fully saturated rings. The highest BCUT2D eigenvalue weighted by atomic mass is 16.5. The van der Waals surface area contributed by atoms with E-state index in [9.17, 15) is 4.79 Å². The van der Waals surface area contributed by atoms with Crippen LogP contribution < -0.4 is 5.73 Å². The number of nitrogens with zero attached hydrogens (tertiary/aromatic N) is 1. The Labute approximate surface area is 103 Å². The fourth-order valence-corrected chi connectivity index (χ4v) is 3.16. The minimum atomic E-state index is 0.174. The number of carbonyl (C=O) groups is 1. The van der Waals surface area contributed by atoms with Gasteiger partial charge in [0.05, 0.1) is 0 Å². The van der Waals surface area contributed by atoms with E-state index >= 15 is 0 Å². The lowest BCUT2D eigenvalue weighted by atomic mass is 9.93. The smallest absolute Gasteiger partial charge is 0.226 e. The zero-order chi connectivity index (χ0) is 12.3. The summed E-state index contributed by atoms with van der Waals surface area (Å²) in [6.07, 6.45) is 5.24. The number of hydrogen-bond donors (Lipinski definition) is 1. The fraction of sp³-hybridized carbons (Fsp3) is 0.923. The van der Waals surface area contributed by atoms with Crippen LogP contribution in [0.4, 0.5) is 0 Å². The van der Waals surface area contributed by atoms with Gasteiger partial charge in [-0.15, -0.1) is 0 Å². The molecule has 2 rings (SSSR count). The number of amides is 1. The van der Waals surface area contributed by atoms with Crippen molar-refractivity contribution in [1.82, 2.24) is 4.90 Å². The Morgan fingerprint density at radius 2 is 2.00 bits per heavy atom. The van der Waals surface area contributed by atoms with Crippen molar-refractivity contribution in [2.24, 2.45) is 17.6 Å². The molecule has 4 heteroatoms. The van der Waals surface area contributed by atoms with E-state index in [1.165, 1.54) is 0 Å². The molecule has 98 valence electrons. The lowest BCUT2D eigenvalue weighted by molar-refractivity contribution is -0.139. The van der Waals surface area contributed by atoms with Crippen molar-refractivity contribution in [3.63, 3.8) is 0 Å². The number of hydrogen-bond acceptors (Lipinski definition) is 3. The zero-order valence-electron chi connectivity index (χ0n) is 10.7. The molecule has 2 atom stereocenters. The van der Waals surface area contributed by atoms with Crippen LogP contribution in [0.2, 0.25) is 0 Å². The van der Waals surface area contributed by atoms with Crippen LogP contribution in [0, 0.1) is 11.8 Å². The van der Waals surface area contributed by atoms with Crippen LogP contribution in [0.25, 0.3) is 0 Å². The Morgan fingerprint density at radius 1 is 1.29 bits per heavy atom. The van der Waals surface area contributed by atoms with Crippen molar-refractivity contribution in [3.05, 3.63) is 0 Å². The summed E-state index contributed by atoms with van der Waals surface area (Å²) in [5.74, 6) is 0.891. The SMILES string of the molecule is CN(C(=O)C1CCCC1CN)C1CCOCC1. The third-order valence-corrected chi connectivity index (χ3v) is 4.37. The average Bonchev–Trinajstić information content (AvgIpc) is 2.86. The third-order valence-electron chi connectivity index (χ3n) is 4.37. The van der Waals surface area contributed by atoms with Gasteiger partial charge in [0.1, 0.15) is 0 Å². The first kappa shape index (κ1) is 12.8. The second-order valence-electron chi connectivity index (χ2n) is 5.33. The largest absolute Gasteiger partial charge is 0.381 e. The predicted molar refractivity (Wildman–Crippen MR) is 66.5 cm³/mol. The number of ether oxygens (including phenoxy) is 1. The van der Waals surface area contributed by atoms with E-state index in [-0.39, 0.29) is 5.92 Å². The first-order valence-electron chi connectivity index (χ1n) is 6.78. The first-order chi connectivity index (χ1) is 8.24. The van der Waals surface area contributed by atoms with Gasteiger partial charge in [-0.25, -0.2) is 0 Å². The van der Waals surface area contributed by atoms with Crippen LogP contribution in [0.1, 0.15) is 32.1 Å². The first-order valence-corrected chi connectivity index (χ1v) is 6.78. The van der Waals surface area contributed by atoms with E-state index in [0.29, 0.717) is 24.4 Å². The van der Waals surface area contributed by atoms with Gasteiger partial charge in [-0.2, -0.15) is 0 Å². The number of carbonyl (C=O) groups excluding carboxylic acids is 1. The lowest BCUT2D eigenvalue weighted by Crippen LogP contribution is -2.44. The molecule has 0 aromatic rings. The van der Waals surface area contributed by atoms with Crippen LogP contribution in [0.3, 0.4) is 0 Å². The standard InChI is InChI=1S/C13H24N2O2/c1-15(11-5-7-17-8-6-11)13(16)12-4-2-3-10(12)9-14/h10-12H,2-9,14H2,1H3. The minimum absolute atomic E-state index is 0.174. The summed E-state index contributed by atoms with van der Waals surface area (Å²) in [6, 6.07) is 0.371. The molecule has 4 nitrogen and oxygen atoms in total. The molecule has 0 aromatic heterocycles. The van der Waals surface area contributed by atoms with Gasteiger partial charge >= 0.3 is 0 Å². The van der Waals surface area contributed by atoms with Gasteiger partial charge in [0.2, 0.25) is 5.91 Å². The van der Waals surface area contributed by atoms with E-state index in [0.717, 1.165) is 45.3 Å². The van der Waals surface area contributed by atoms with E-state index in [1.807, 2.05) is 11.9 Å². The summed E-state index contributed by atoms with van der Waals surface area (Å²) >= 11 is 0. The molecule has 0 radical (unpaired) electrons. The molecule has 0 spiro atoms. The lowest BCUT2D eigenvalue weighted by Gasteiger charge is -2.34. The number of rotatable bonds is 3. The Hall–Kier alpha value is -0.610. The molecule has 2 N–H and O–H groups in total. The van der Waals surface area contributed by atoms with Crippen LogP contribution in [-0.4, -0.2) is 43.7 Å². The molecule has 0 aromatic carbocycles. The number of nitrogens with two attached hydrogens (primary N) is 1. The van der Waals surface area contributed by atoms with Crippen molar-refractivity contribution in [1.29, 1.82) is 0 Å². The molecule has 2 aliphatic rings. The van der Waals surface area contributed by atoms with Gasteiger partial charge in [0.15, 0.2) is 0 Å². The molecule has 1 saturated carbocycles. The minimum Gasteiger partial charge on any atom is -0.381 e. The van der Waals surface area contributed by atoms with Gasteiger partial charge in [-0.3, -0.25) is 4.79 Å². The Balaban J connectivity index is 1.93. The summed E-state index contributed by atoms with van der Waals surface area (Å²) in [4.78, 5) is 14.4. The fourth-order valence-electron chi connectivity index (χ4n) is 3.16. The van der Waals surface area contributed by atoms with Crippen molar-refractivity contribution in [2.45, 2.75) is 38.1 Å². The van der Waals surface area contributed by atoms with Gasteiger partial charge in [-0.05, 0) is 38.1 Å². The Kier molecular flexibility index (Phi) is 4.40. The Morgan fingerprint density at radius 3 is 2.65 bits per heavy atom. The molecule has 1 aliphatic heterocycles. The summed E-state index contributed by atoms with van der Waals surface area (Å²) in [6.45, 7) is 2.22. The van der Waals surface area contributed by atoms with Gasteiger partial charge in [0.25, 0.3) is 0 Å². The van der Waals surface area contributed by atoms with Crippen molar-refractivity contribution >= 4 is 5.91 Å². The molecular formula is C13H24N2O2. The van der Waals surface area contributed by atoms with E-state index in [4.69, 9.17) is 10.5 Å². The molecule has 1 saturated heterocycles. The van der Waals surface area contributed by atoms with Crippen molar-refractivity contribution < 1.29 is 9.53 Å². The summed E-state index contributed by atoms with van der Waals surface area (Å²) in [5.41, 5.74) is 5.75. The van der Waals surface area contributed by atoms with Gasteiger partial charge < -0.3 is 15.4 Å². The summed E-state index contributed by atoms with van der Waals surface area (Å²) < 4.78 is 5.34. The summed E-state index contributed by atoms with van der Waals surface area (Å²) in [5, 5.41) is 0. The third kappa shape index (κ3) is 2.80. The van der Waals surface area contributed by atoms with E-state index in [2.05, 4.69) is 0 Å². The highest BCUT2D eigenvalue weighted by Gasteiger charge is 2.35. The quantitative estimate of drug-likeness (QED) is 0.800. The maximum Gasteiger partial charge on any atom is 0.226 e. The van der Waals surface area contributed by atoms with Crippen LogP contribution in [0.5, 0.6) is 0 Å². The van der Waals surface area contributed by atoms with Crippen LogP contribution in [0.15, 0.2) is 0 Å². The van der Waals surface area contributed by atoms with Gasteiger partial charge in [0, 0.05) is 32.2 Å². The molecule has 1 heterocycles. The maximum atomic E-state index is 12.4. The second-order valence-corrected chi connectivity index (χ2v) is 5.33. The maximum absolute atomic E-state index is 12.4. The molecular weight excluding hydrogens is 216 g/mol. The topological polar surface area (TPSA) is 55.6 Å². The monoisotopic (exact) mass is 240 g/mol. The highest BCUT2D eigenvalue weighted by molar-refractivity contribution is 5.79. The second kappa shape index (κ2) is 5.83. The van der Waals surface area contributed by atoms with Crippen molar-refractivity contribution in [3.8, 4) is 0 Å². The predicted octanol–water partition coefficient (Wildman–Crippen LogP) is 0.999. The highest BCUT2D eigenvalue weighted by Crippen LogP contribution is 2.33. The van der Waals surface area contributed by atoms with E-state index < -0.39 is 0 Å². The van der Waals surface area contributed by atoms with Crippen molar-refractivity contribution in [2.75, 3.05) is 26.8 Å². The van der Waals surface area contributed by atoms with Crippen LogP contribution >= 0.6 is 0 Å². The van der Waals surface area contributed by atoms with Crippen LogP contribution in [-0.2, 0) is 9.53 Å². The van der Waals surface area contributed by atoms with Gasteiger partial charge in [-0.1, -0.05) is 6.42 Å². The average molecular weight is 240 g/mol. The summed E-state index contributed by atoms with van der Waals surface area (Å²) in [7, 11) is 1.95. The molecule has 2 unspecified atom stereocenters. The molecule has 0 bridgehead atoms.